The fraction of sp³-hybridized carbons (Fsp3) is 0.833. The number of esters is 2. The van der Waals surface area contributed by atoms with Gasteiger partial charge in [-0.2, -0.15) is 0 Å². The fourth-order valence-electron chi connectivity index (χ4n) is 2.17. The van der Waals surface area contributed by atoms with Gasteiger partial charge in [-0.1, -0.05) is 6.92 Å². The van der Waals surface area contributed by atoms with Crippen LogP contribution in [-0.2, 0) is 19.1 Å². The third kappa shape index (κ3) is 3.68. The second kappa shape index (κ2) is 6.70. The lowest BCUT2D eigenvalue weighted by Gasteiger charge is -2.24. The molecular formula is C12H21NO5. The molecule has 0 amide bonds. The topological polar surface area (TPSA) is 76.1 Å². The van der Waals surface area contributed by atoms with Crippen LogP contribution < -0.4 is 0 Å². The van der Waals surface area contributed by atoms with Gasteiger partial charge in [0, 0.05) is 19.5 Å². The van der Waals surface area contributed by atoms with Gasteiger partial charge in [-0.3, -0.25) is 14.5 Å². The van der Waals surface area contributed by atoms with Crippen molar-refractivity contribution < 1.29 is 24.2 Å². The number of carbonyl (C=O) groups excluding carboxylic acids is 2. The van der Waals surface area contributed by atoms with Gasteiger partial charge in [-0.15, -0.1) is 0 Å². The maximum absolute atomic E-state index is 11.6. The molecule has 0 aromatic carbocycles. The Morgan fingerprint density at radius 2 is 2.17 bits per heavy atom. The van der Waals surface area contributed by atoms with Crippen molar-refractivity contribution in [1.29, 1.82) is 0 Å². The highest BCUT2D eigenvalue weighted by Gasteiger charge is 2.38. The number of aliphatic hydroxyl groups is 1. The number of carbonyl (C=O) groups is 2. The first-order chi connectivity index (χ1) is 8.49. The predicted octanol–water partition coefficient (Wildman–Crippen LogP) is -0.206. The first kappa shape index (κ1) is 14.9. The highest BCUT2D eigenvalue weighted by atomic mass is 16.5. The summed E-state index contributed by atoms with van der Waals surface area (Å²) in [5.74, 6) is -0.993. The highest BCUT2D eigenvalue weighted by molar-refractivity contribution is 5.76. The van der Waals surface area contributed by atoms with E-state index in [1.807, 2.05) is 0 Å². The number of rotatable bonds is 5. The Hall–Kier alpha value is -1.14. The van der Waals surface area contributed by atoms with Crippen molar-refractivity contribution in [3.8, 4) is 0 Å². The zero-order valence-electron chi connectivity index (χ0n) is 11.1. The number of β-amino-alcohol motifs (C(OH)–C–C–N with tert-alkyl or cyclic N) is 1. The molecular weight excluding hydrogens is 238 g/mol. The van der Waals surface area contributed by atoms with Gasteiger partial charge in [-0.05, 0) is 6.92 Å². The number of ether oxygens (including phenoxy) is 2. The van der Waals surface area contributed by atoms with Crippen LogP contribution in [-0.4, -0.2) is 60.9 Å². The largest absolute Gasteiger partial charge is 0.468 e. The molecule has 1 rings (SSSR count). The van der Waals surface area contributed by atoms with Crippen molar-refractivity contribution >= 4 is 11.9 Å². The molecule has 1 N–H and O–H groups in total. The lowest BCUT2D eigenvalue weighted by molar-refractivity contribution is -0.151. The Balaban J connectivity index is 2.58. The Morgan fingerprint density at radius 1 is 1.50 bits per heavy atom. The zero-order chi connectivity index (χ0) is 13.7. The minimum atomic E-state index is -0.552. The normalized spacial score (nSPS) is 25.8. The summed E-state index contributed by atoms with van der Waals surface area (Å²) in [6.07, 6.45) is -0.203. The van der Waals surface area contributed by atoms with Crippen LogP contribution in [0.1, 0.15) is 20.3 Å². The van der Waals surface area contributed by atoms with Crippen molar-refractivity contribution in [1.82, 2.24) is 4.90 Å². The number of hydrogen-bond donors (Lipinski definition) is 1. The Labute approximate surface area is 107 Å². The number of hydrogen-bond acceptors (Lipinski definition) is 6. The second-order valence-electron chi connectivity index (χ2n) is 4.54. The molecule has 1 aliphatic heterocycles. The van der Waals surface area contributed by atoms with Gasteiger partial charge in [0.1, 0.15) is 6.04 Å². The first-order valence-electron chi connectivity index (χ1n) is 6.16. The van der Waals surface area contributed by atoms with Gasteiger partial charge < -0.3 is 14.6 Å². The van der Waals surface area contributed by atoms with Crippen LogP contribution in [0.15, 0.2) is 0 Å². The molecule has 1 aliphatic rings. The van der Waals surface area contributed by atoms with Crippen molar-refractivity contribution in [3.63, 3.8) is 0 Å². The van der Waals surface area contributed by atoms with E-state index in [1.54, 1.807) is 18.7 Å². The minimum Gasteiger partial charge on any atom is -0.468 e. The van der Waals surface area contributed by atoms with Gasteiger partial charge in [0.2, 0.25) is 0 Å². The number of nitrogens with zero attached hydrogens (tertiary/aromatic N) is 1. The standard InChI is InChI=1S/C12H21NO5/c1-4-18-11(15)8(2)6-13-7-9(14)5-10(13)12(16)17-3/h8-10,14H,4-7H2,1-3H3. The van der Waals surface area contributed by atoms with Crippen molar-refractivity contribution in [2.24, 2.45) is 5.92 Å². The lowest BCUT2D eigenvalue weighted by Crippen LogP contribution is -2.41. The van der Waals surface area contributed by atoms with E-state index in [-0.39, 0.29) is 17.9 Å². The molecule has 0 spiro atoms. The van der Waals surface area contributed by atoms with Crippen LogP contribution in [0.4, 0.5) is 0 Å². The second-order valence-corrected chi connectivity index (χ2v) is 4.54. The SMILES string of the molecule is CCOC(=O)C(C)CN1CC(O)CC1C(=O)OC. The molecule has 1 saturated heterocycles. The van der Waals surface area contributed by atoms with E-state index >= 15 is 0 Å². The molecule has 0 aliphatic carbocycles. The zero-order valence-corrected chi connectivity index (χ0v) is 11.1. The third-order valence-electron chi connectivity index (χ3n) is 3.05. The molecule has 0 bridgehead atoms. The van der Waals surface area contributed by atoms with Gasteiger partial charge in [0.05, 0.1) is 25.7 Å². The molecule has 6 heteroatoms. The molecule has 3 atom stereocenters. The smallest absolute Gasteiger partial charge is 0.323 e. The molecule has 1 heterocycles. The van der Waals surface area contributed by atoms with Crippen LogP contribution in [0.25, 0.3) is 0 Å². The molecule has 1 fully saturated rings. The fourth-order valence-corrected chi connectivity index (χ4v) is 2.17. The third-order valence-corrected chi connectivity index (χ3v) is 3.05. The summed E-state index contributed by atoms with van der Waals surface area (Å²) in [6, 6.07) is -0.470. The Morgan fingerprint density at radius 3 is 2.72 bits per heavy atom. The van der Waals surface area contributed by atoms with Crippen LogP contribution in [0.2, 0.25) is 0 Å². The summed E-state index contributed by atoms with van der Waals surface area (Å²) >= 11 is 0. The van der Waals surface area contributed by atoms with E-state index < -0.39 is 12.1 Å². The monoisotopic (exact) mass is 259 g/mol. The summed E-state index contributed by atoms with van der Waals surface area (Å²) in [5, 5.41) is 9.60. The molecule has 3 unspecified atom stereocenters. The maximum Gasteiger partial charge on any atom is 0.323 e. The van der Waals surface area contributed by atoms with E-state index in [4.69, 9.17) is 9.47 Å². The van der Waals surface area contributed by atoms with Crippen molar-refractivity contribution in [2.75, 3.05) is 26.8 Å². The summed E-state index contributed by atoms with van der Waals surface area (Å²) in [7, 11) is 1.32. The average molecular weight is 259 g/mol. The number of likely N-dealkylation sites (tertiary alicyclic amines) is 1. The molecule has 0 aromatic heterocycles. The minimum absolute atomic E-state index is 0.289. The molecule has 0 aromatic rings. The molecule has 104 valence electrons. The highest BCUT2D eigenvalue weighted by Crippen LogP contribution is 2.20. The summed E-state index contributed by atoms with van der Waals surface area (Å²) < 4.78 is 9.61. The summed E-state index contributed by atoms with van der Waals surface area (Å²) in [6.45, 7) is 4.60. The summed E-state index contributed by atoms with van der Waals surface area (Å²) in [4.78, 5) is 24.9. The van der Waals surface area contributed by atoms with Gasteiger partial charge >= 0.3 is 11.9 Å². The van der Waals surface area contributed by atoms with Crippen LogP contribution in [0, 0.1) is 5.92 Å². The van der Waals surface area contributed by atoms with E-state index in [2.05, 4.69) is 0 Å². The van der Waals surface area contributed by atoms with E-state index in [1.165, 1.54) is 7.11 Å². The number of aliphatic hydroxyl groups excluding tert-OH is 1. The van der Waals surface area contributed by atoms with E-state index in [0.717, 1.165) is 0 Å². The molecule has 0 saturated carbocycles. The average Bonchev–Trinajstić information content (AvgIpc) is 2.69. The van der Waals surface area contributed by atoms with Gasteiger partial charge in [-0.25, -0.2) is 0 Å². The lowest BCUT2D eigenvalue weighted by atomic mass is 10.1. The van der Waals surface area contributed by atoms with Crippen LogP contribution >= 0.6 is 0 Å². The first-order valence-corrected chi connectivity index (χ1v) is 6.16. The molecule has 18 heavy (non-hydrogen) atoms. The van der Waals surface area contributed by atoms with Crippen molar-refractivity contribution in [3.05, 3.63) is 0 Å². The predicted molar refractivity (Wildman–Crippen MR) is 63.8 cm³/mol. The summed E-state index contributed by atoms with van der Waals surface area (Å²) in [5.41, 5.74) is 0. The Kier molecular flexibility index (Phi) is 5.55. The number of methoxy groups -OCH3 is 1. The van der Waals surface area contributed by atoms with Crippen LogP contribution in [0.3, 0.4) is 0 Å². The Bertz CT molecular complexity index is 307. The van der Waals surface area contributed by atoms with Gasteiger partial charge in [0.25, 0.3) is 0 Å². The van der Waals surface area contributed by atoms with Gasteiger partial charge in [0.15, 0.2) is 0 Å². The van der Waals surface area contributed by atoms with Crippen LogP contribution in [0.5, 0.6) is 0 Å². The van der Waals surface area contributed by atoms with E-state index in [0.29, 0.717) is 26.1 Å². The maximum atomic E-state index is 11.6. The molecule has 0 radical (unpaired) electrons. The molecule has 6 nitrogen and oxygen atoms in total. The van der Waals surface area contributed by atoms with E-state index in [9.17, 15) is 14.7 Å². The quantitative estimate of drug-likeness (QED) is 0.689. The van der Waals surface area contributed by atoms with Crippen molar-refractivity contribution in [2.45, 2.75) is 32.4 Å².